The first-order valence-electron chi connectivity index (χ1n) is 17.0. The number of hydrogen-bond acceptors (Lipinski definition) is 5. The minimum Gasteiger partial charge on any atom is -0.208 e. The second-order valence-corrected chi connectivity index (χ2v) is 18.5. The zero-order valence-electron chi connectivity index (χ0n) is 27.4. The van der Waals surface area contributed by atoms with Gasteiger partial charge >= 0.3 is 0 Å². The Bertz CT molecular complexity index is 2530. The highest BCUT2D eigenvalue weighted by atomic mass is 32.2. The molecule has 0 spiro atoms. The maximum absolute atomic E-state index is 5.05. The fourth-order valence-electron chi connectivity index (χ4n) is 7.62. The molecule has 0 radical (unpaired) electrons. The van der Waals surface area contributed by atoms with Crippen molar-refractivity contribution in [2.45, 2.75) is 19.6 Å². The van der Waals surface area contributed by atoms with Crippen LogP contribution in [0.2, 0.25) is 0 Å². The van der Waals surface area contributed by atoms with Crippen LogP contribution in [0.4, 0.5) is 0 Å². The molecule has 0 bridgehead atoms. The van der Waals surface area contributed by atoms with Crippen molar-refractivity contribution in [1.82, 2.24) is 15.0 Å². The normalized spacial score (nSPS) is 15.4. The van der Waals surface area contributed by atoms with Crippen molar-refractivity contribution < 1.29 is 0 Å². The van der Waals surface area contributed by atoms with E-state index in [1.165, 1.54) is 45.9 Å². The van der Waals surface area contributed by atoms with Crippen LogP contribution in [0.3, 0.4) is 0 Å². The molecule has 2 aliphatic rings. The first kappa shape index (κ1) is 30.3. The molecule has 2 aliphatic heterocycles. The van der Waals surface area contributed by atoms with Gasteiger partial charge in [-0.3, -0.25) is 0 Å². The van der Waals surface area contributed by atoms with Gasteiger partial charge in [-0.05, 0) is 56.1 Å². The van der Waals surface area contributed by atoms with E-state index in [0.717, 1.165) is 22.3 Å². The highest BCUT2D eigenvalue weighted by Crippen LogP contribution is 2.45. The van der Waals surface area contributed by atoms with Gasteiger partial charge in [0.15, 0.2) is 25.5 Å². The molecular weight excluding hydrogens is 675 g/mol. The fourth-order valence-corrected chi connectivity index (χ4v) is 17.0. The molecular formula is C45H29N3S2Si. The minimum absolute atomic E-state index is 0.659. The van der Waals surface area contributed by atoms with Gasteiger partial charge in [-0.2, -0.15) is 0 Å². The van der Waals surface area contributed by atoms with Crippen molar-refractivity contribution in [2.75, 3.05) is 0 Å². The standard InChI is InChI=1S/C45H29N3S2Si/c1-4-15-30(16-5-1)43-46-44(31-17-6-2-7-18-31)48-45(47-43)33-20-14-19-32(29-33)35-27-28-38-42-41(35)50-37-24-11-13-26-40(37)51(42,34-21-8-3-9-22-34)39-25-12-10-23-36(39)49-38/h1-29H. The van der Waals surface area contributed by atoms with E-state index in [1.54, 1.807) is 0 Å². The van der Waals surface area contributed by atoms with Crippen LogP contribution >= 0.6 is 23.5 Å². The molecule has 3 heterocycles. The Morgan fingerprint density at radius 1 is 0.373 bits per heavy atom. The van der Waals surface area contributed by atoms with Gasteiger partial charge in [0.05, 0.1) is 0 Å². The summed E-state index contributed by atoms with van der Waals surface area (Å²) < 4.78 is 0. The lowest BCUT2D eigenvalue weighted by Crippen LogP contribution is -2.78. The first-order valence-corrected chi connectivity index (χ1v) is 20.7. The smallest absolute Gasteiger partial charge is 0.184 e. The molecule has 0 saturated heterocycles. The Morgan fingerprint density at radius 3 is 1.49 bits per heavy atom. The summed E-state index contributed by atoms with van der Waals surface area (Å²) in [6, 6.07) is 63.3. The largest absolute Gasteiger partial charge is 0.208 e. The van der Waals surface area contributed by atoms with Crippen LogP contribution < -0.4 is 20.7 Å². The monoisotopic (exact) mass is 703 g/mol. The van der Waals surface area contributed by atoms with Crippen LogP contribution in [-0.2, 0) is 0 Å². The van der Waals surface area contributed by atoms with E-state index in [9.17, 15) is 0 Å². The van der Waals surface area contributed by atoms with E-state index in [2.05, 4.69) is 140 Å². The van der Waals surface area contributed by atoms with Gasteiger partial charge in [0.25, 0.3) is 0 Å². The van der Waals surface area contributed by atoms with E-state index in [1.807, 2.05) is 59.9 Å². The number of benzene rings is 7. The predicted octanol–water partition coefficient (Wildman–Crippen LogP) is 8.85. The van der Waals surface area contributed by atoms with Gasteiger partial charge in [-0.25, -0.2) is 15.0 Å². The molecule has 6 heteroatoms. The Kier molecular flexibility index (Phi) is 7.34. The summed E-state index contributed by atoms with van der Waals surface area (Å²) in [5.74, 6) is 1.98. The highest BCUT2D eigenvalue weighted by Gasteiger charge is 2.51. The van der Waals surface area contributed by atoms with Crippen LogP contribution in [0.5, 0.6) is 0 Å². The van der Waals surface area contributed by atoms with E-state index in [-0.39, 0.29) is 0 Å². The molecule has 0 fully saturated rings. The molecule has 0 aliphatic carbocycles. The van der Waals surface area contributed by atoms with Gasteiger partial charge in [-0.1, -0.05) is 175 Å². The molecule has 1 aromatic heterocycles. The summed E-state index contributed by atoms with van der Waals surface area (Å²) in [5.41, 5.74) is 5.28. The maximum atomic E-state index is 5.05. The SMILES string of the molecule is c1ccc(-c2nc(-c3ccccc3)nc(-c3cccc(-c4ccc5c6c4Sc4ccccc4[Si]6(c4ccccc4)c4ccccc4S5)c3)n2)cc1. The summed E-state index contributed by atoms with van der Waals surface area (Å²) in [7, 11) is -2.66. The van der Waals surface area contributed by atoms with Gasteiger partial charge in [-0.15, -0.1) is 0 Å². The maximum Gasteiger partial charge on any atom is 0.184 e. The van der Waals surface area contributed by atoms with Crippen molar-refractivity contribution in [3.8, 4) is 45.3 Å². The van der Waals surface area contributed by atoms with Gasteiger partial charge in [0.2, 0.25) is 0 Å². The van der Waals surface area contributed by atoms with Crippen molar-refractivity contribution in [3.05, 3.63) is 176 Å². The summed E-state index contributed by atoms with van der Waals surface area (Å²) in [5, 5.41) is 5.87. The van der Waals surface area contributed by atoms with E-state index in [0.29, 0.717) is 17.5 Å². The number of nitrogens with zero attached hydrogens (tertiary/aromatic N) is 3. The van der Waals surface area contributed by atoms with Crippen LogP contribution in [0.15, 0.2) is 196 Å². The van der Waals surface area contributed by atoms with E-state index >= 15 is 0 Å². The van der Waals surface area contributed by atoms with Crippen LogP contribution in [-0.4, -0.2) is 23.0 Å². The van der Waals surface area contributed by atoms with Crippen molar-refractivity contribution >= 4 is 52.3 Å². The van der Waals surface area contributed by atoms with Crippen LogP contribution in [0.25, 0.3) is 45.3 Å². The molecule has 240 valence electrons. The highest BCUT2D eigenvalue weighted by molar-refractivity contribution is 8.01. The lowest BCUT2D eigenvalue weighted by Gasteiger charge is -2.44. The van der Waals surface area contributed by atoms with E-state index < -0.39 is 8.07 Å². The molecule has 1 atom stereocenters. The Morgan fingerprint density at radius 2 is 0.863 bits per heavy atom. The molecule has 7 aromatic carbocycles. The number of rotatable bonds is 5. The molecule has 0 N–H and O–H groups in total. The molecule has 10 rings (SSSR count). The molecule has 8 aromatic rings. The van der Waals surface area contributed by atoms with E-state index in [4.69, 9.17) is 15.0 Å². The van der Waals surface area contributed by atoms with Crippen LogP contribution in [0, 0.1) is 0 Å². The summed E-state index contributed by atoms with van der Waals surface area (Å²) in [6.07, 6.45) is 0. The third kappa shape index (κ3) is 4.94. The number of fused-ring (bicyclic) bond motifs is 4. The number of hydrogen-bond donors (Lipinski definition) is 0. The first-order chi connectivity index (χ1) is 25.3. The lowest BCUT2D eigenvalue weighted by atomic mass is 10.0. The topological polar surface area (TPSA) is 38.7 Å². The quantitative estimate of drug-likeness (QED) is 0.168. The zero-order valence-corrected chi connectivity index (χ0v) is 30.0. The second kappa shape index (κ2) is 12.4. The van der Waals surface area contributed by atoms with Gasteiger partial charge in [0.1, 0.15) is 0 Å². The van der Waals surface area contributed by atoms with Crippen molar-refractivity contribution in [3.63, 3.8) is 0 Å². The third-order valence-electron chi connectivity index (χ3n) is 9.85. The van der Waals surface area contributed by atoms with Crippen molar-refractivity contribution in [2.24, 2.45) is 0 Å². The van der Waals surface area contributed by atoms with Crippen LogP contribution in [0.1, 0.15) is 0 Å². The summed E-state index contributed by atoms with van der Waals surface area (Å²) >= 11 is 3.84. The molecule has 1 unspecified atom stereocenters. The Balaban J connectivity index is 1.19. The second-order valence-electron chi connectivity index (χ2n) is 12.7. The Hall–Kier alpha value is -5.53. The van der Waals surface area contributed by atoms with Crippen molar-refractivity contribution in [1.29, 1.82) is 0 Å². The minimum atomic E-state index is -2.66. The molecule has 0 saturated carbocycles. The average molecular weight is 704 g/mol. The molecule has 3 nitrogen and oxygen atoms in total. The Labute approximate surface area is 306 Å². The number of aromatic nitrogens is 3. The summed E-state index contributed by atoms with van der Waals surface area (Å²) in [6.45, 7) is 0. The fraction of sp³-hybridized carbons (Fsp3) is 0. The zero-order chi connectivity index (χ0) is 33.8. The predicted molar refractivity (Wildman–Crippen MR) is 213 cm³/mol. The third-order valence-corrected chi connectivity index (χ3v) is 17.9. The van der Waals surface area contributed by atoms with Gasteiger partial charge in [0, 0.05) is 36.3 Å². The summed E-state index contributed by atoms with van der Waals surface area (Å²) in [4.78, 5) is 20.4. The molecule has 0 amide bonds. The average Bonchev–Trinajstić information content (AvgIpc) is 3.21. The van der Waals surface area contributed by atoms with Gasteiger partial charge < -0.3 is 0 Å². The lowest BCUT2D eigenvalue weighted by molar-refractivity contribution is 1.07. The molecule has 51 heavy (non-hydrogen) atoms.